The number of ether oxygens (including phenoxy) is 1. The van der Waals surface area contributed by atoms with Gasteiger partial charge in [-0.3, -0.25) is 4.98 Å². The van der Waals surface area contributed by atoms with Gasteiger partial charge in [0, 0.05) is 25.0 Å². The molecule has 1 aliphatic heterocycles. The summed E-state index contributed by atoms with van der Waals surface area (Å²) < 4.78 is 5.58. The van der Waals surface area contributed by atoms with Crippen molar-refractivity contribution in [3.8, 4) is 0 Å². The number of carbonyl (C=O) groups excluding carboxylic acids is 1. The van der Waals surface area contributed by atoms with Crippen LogP contribution < -0.4 is 0 Å². The summed E-state index contributed by atoms with van der Waals surface area (Å²) in [6.45, 7) is 10.9. The highest BCUT2D eigenvalue weighted by molar-refractivity contribution is 5.69. The molecule has 122 valence electrons. The summed E-state index contributed by atoms with van der Waals surface area (Å²) in [4.78, 5) is 18.5. The van der Waals surface area contributed by atoms with Gasteiger partial charge in [-0.15, -0.1) is 0 Å². The van der Waals surface area contributed by atoms with Crippen molar-refractivity contribution < 1.29 is 9.53 Å². The van der Waals surface area contributed by atoms with Gasteiger partial charge in [-0.05, 0) is 63.1 Å². The van der Waals surface area contributed by atoms with E-state index in [1.807, 2.05) is 38.1 Å². The van der Waals surface area contributed by atoms with Crippen molar-refractivity contribution in [2.75, 3.05) is 6.54 Å². The first-order valence-corrected chi connectivity index (χ1v) is 8.16. The second-order valence-electron chi connectivity index (χ2n) is 7.52. The molecule has 22 heavy (non-hydrogen) atoms. The SMILES string of the molecule is CC(C)[C@@H]1[C@@H](Cc2ccncc2)CCN1C(=O)OC(C)(C)C. The molecule has 1 fully saturated rings. The fourth-order valence-corrected chi connectivity index (χ4v) is 3.36. The first-order valence-electron chi connectivity index (χ1n) is 8.16. The molecule has 1 amide bonds. The van der Waals surface area contributed by atoms with Crippen LogP contribution in [0.15, 0.2) is 24.5 Å². The summed E-state index contributed by atoms with van der Waals surface area (Å²) in [5, 5.41) is 0. The molecule has 0 saturated carbocycles. The minimum absolute atomic E-state index is 0.177. The monoisotopic (exact) mass is 304 g/mol. The minimum Gasteiger partial charge on any atom is -0.444 e. The zero-order chi connectivity index (χ0) is 16.3. The predicted molar refractivity (Wildman–Crippen MR) is 87.6 cm³/mol. The molecule has 4 nitrogen and oxygen atoms in total. The molecule has 0 spiro atoms. The Morgan fingerprint density at radius 1 is 1.36 bits per heavy atom. The molecule has 0 aromatic carbocycles. The van der Waals surface area contributed by atoms with Crippen molar-refractivity contribution in [3.63, 3.8) is 0 Å². The van der Waals surface area contributed by atoms with E-state index in [-0.39, 0.29) is 12.1 Å². The van der Waals surface area contributed by atoms with E-state index in [0.717, 1.165) is 19.4 Å². The van der Waals surface area contributed by atoms with Crippen molar-refractivity contribution in [1.29, 1.82) is 0 Å². The van der Waals surface area contributed by atoms with Crippen molar-refractivity contribution in [3.05, 3.63) is 30.1 Å². The lowest BCUT2D eigenvalue weighted by atomic mass is 9.86. The summed E-state index contributed by atoms with van der Waals surface area (Å²) in [5.41, 5.74) is 0.846. The molecule has 1 aromatic rings. The molecule has 1 saturated heterocycles. The van der Waals surface area contributed by atoms with E-state index in [9.17, 15) is 4.79 Å². The molecular formula is C18H28N2O2. The Labute approximate surface area is 133 Å². The number of aromatic nitrogens is 1. The van der Waals surface area contributed by atoms with E-state index in [1.165, 1.54) is 5.56 Å². The van der Waals surface area contributed by atoms with Crippen LogP contribution in [-0.2, 0) is 11.2 Å². The van der Waals surface area contributed by atoms with Crippen LogP contribution in [0.2, 0.25) is 0 Å². The number of carbonyl (C=O) groups is 1. The van der Waals surface area contributed by atoms with Gasteiger partial charge in [-0.2, -0.15) is 0 Å². The number of likely N-dealkylation sites (tertiary alicyclic amines) is 1. The van der Waals surface area contributed by atoms with E-state index in [2.05, 4.69) is 31.0 Å². The summed E-state index contributed by atoms with van der Waals surface area (Å²) in [7, 11) is 0. The van der Waals surface area contributed by atoms with Crippen LogP contribution >= 0.6 is 0 Å². The summed E-state index contributed by atoms with van der Waals surface area (Å²) >= 11 is 0. The number of amides is 1. The fourth-order valence-electron chi connectivity index (χ4n) is 3.36. The molecular weight excluding hydrogens is 276 g/mol. The van der Waals surface area contributed by atoms with Gasteiger partial charge in [-0.1, -0.05) is 13.8 Å². The van der Waals surface area contributed by atoms with Crippen LogP contribution in [0.5, 0.6) is 0 Å². The van der Waals surface area contributed by atoms with Crippen molar-refractivity contribution in [2.45, 2.75) is 59.1 Å². The van der Waals surface area contributed by atoms with Gasteiger partial charge in [0.25, 0.3) is 0 Å². The van der Waals surface area contributed by atoms with Gasteiger partial charge in [-0.25, -0.2) is 4.79 Å². The summed E-state index contributed by atoms with van der Waals surface area (Å²) in [6.07, 6.45) is 5.51. The highest BCUT2D eigenvalue weighted by Gasteiger charge is 2.40. The third-order valence-electron chi connectivity index (χ3n) is 4.14. The Hall–Kier alpha value is -1.58. The Morgan fingerprint density at radius 3 is 2.55 bits per heavy atom. The Kier molecular flexibility index (Phi) is 5.09. The second-order valence-corrected chi connectivity index (χ2v) is 7.52. The zero-order valence-corrected chi connectivity index (χ0v) is 14.4. The predicted octanol–water partition coefficient (Wildman–Crippen LogP) is 3.91. The van der Waals surface area contributed by atoms with Crippen LogP contribution in [0, 0.1) is 11.8 Å². The molecule has 2 rings (SSSR count). The molecule has 0 N–H and O–H groups in total. The summed E-state index contributed by atoms with van der Waals surface area (Å²) in [6, 6.07) is 4.36. The molecule has 0 aliphatic carbocycles. The van der Waals surface area contributed by atoms with Gasteiger partial charge in [0.1, 0.15) is 5.60 Å². The normalized spacial score (nSPS) is 22.2. The molecule has 0 unspecified atom stereocenters. The second kappa shape index (κ2) is 6.67. The standard InChI is InChI=1S/C18H28N2O2/c1-13(2)16-15(12-14-6-9-19-10-7-14)8-11-20(16)17(21)22-18(3,4)5/h6-7,9-10,13,15-16H,8,11-12H2,1-5H3/t15-,16-/m1/s1. The van der Waals surface area contributed by atoms with Crippen molar-refractivity contribution in [1.82, 2.24) is 9.88 Å². The highest BCUT2D eigenvalue weighted by Crippen LogP contribution is 2.33. The lowest BCUT2D eigenvalue weighted by Crippen LogP contribution is -2.44. The minimum atomic E-state index is -0.443. The average Bonchev–Trinajstić information content (AvgIpc) is 2.82. The average molecular weight is 304 g/mol. The largest absolute Gasteiger partial charge is 0.444 e. The lowest BCUT2D eigenvalue weighted by Gasteiger charge is -2.33. The van der Waals surface area contributed by atoms with Crippen molar-refractivity contribution >= 4 is 6.09 Å². The van der Waals surface area contributed by atoms with Gasteiger partial charge >= 0.3 is 6.09 Å². The van der Waals surface area contributed by atoms with Crippen molar-refractivity contribution in [2.24, 2.45) is 11.8 Å². The van der Waals surface area contributed by atoms with Gasteiger partial charge < -0.3 is 9.64 Å². The van der Waals surface area contributed by atoms with E-state index in [1.54, 1.807) is 0 Å². The molecule has 4 heteroatoms. The third-order valence-corrected chi connectivity index (χ3v) is 4.14. The third kappa shape index (κ3) is 4.21. The first-order chi connectivity index (χ1) is 10.3. The maximum Gasteiger partial charge on any atom is 0.410 e. The zero-order valence-electron chi connectivity index (χ0n) is 14.4. The summed E-state index contributed by atoms with van der Waals surface area (Å²) in [5.74, 6) is 0.900. The number of hydrogen-bond acceptors (Lipinski definition) is 3. The Balaban J connectivity index is 2.09. The van der Waals surface area contributed by atoms with Crippen LogP contribution in [0.4, 0.5) is 4.79 Å². The molecule has 0 bridgehead atoms. The molecule has 2 heterocycles. The van der Waals surface area contributed by atoms with E-state index >= 15 is 0 Å². The van der Waals surface area contributed by atoms with Gasteiger partial charge in [0.15, 0.2) is 0 Å². The van der Waals surface area contributed by atoms with E-state index in [4.69, 9.17) is 4.74 Å². The van der Waals surface area contributed by atoms with Crippen LogP contribution in [0.25, 0.3) is 0 Å². The molecule has 1 aliphatic rings. The first kappa shape index (κ1) is 16.8. The van der Waals surface area contributed by atoms with Crippen LogP contribution in [-0.4, -0.2) is 34.2 Å². The van der Waals surface area contributed by atoms with Crippen LogP contribution in [0.1, 0.15) is 46.6 Å². The molecule has 1 aromatic heterocycles. The lowest BCUT2D eigenvalue weighted by molar-refractivity contribution is 0.0163. The van der Waals surface area contributed by atoms with Crippen LogP contribution in [0.3, 0.4) is 0 Å². The van der Waals surface area contributed by atoms with E-state index in [0.29, 0.717) is 11.8 Å². The maximum atomic E-state index is 12.5. The molecule has 0 radical (unpaired) electrons. The van der Waals surface area contributed by atoms with Gasteiger partial charge in [0.05, 0.1) is 0 Å². The Bertz CT molecular complexity index is 494. The topological polar surface area (TPSA) is 42.4 Å². The number of pyridine rings is 1. The van der Waals surface area contributed by atoms with Gasteiger partial charge in [0.2, 0.25) is 0 Å². The number of rotatable bonds is 3. The molecule has 2 atom stereocenters. The van der Waals surface area contributed by atoms with E-state index < -0.39 is 5.60 Å². The highest BCUT2D eigenvalue weighted by atomic mass is 16.6. The smallest absolute Gasteiger partial charge is 0.410 e. The quantitative estimate of drug-likeness (QED) is 0.850. The fraction of sp³-hybridized carbons (Fsp3) is 0.667. The maximum absolute atomic E-state index is 12.5. The number of hydrogen-bond donors (Lipinski definition) is 0. The Morgan fingerprint density at radius 2 is 2.00 bits per heavy atom. The number of nitrogens with zero attached hydrogens (tertiary/aromatic N) is 2.